The lowest BCUT2D eigenvalue weighted by molar-refractivity contribution is -0.117. The van der Waals surface area contributed by atoms with Crippen molar-refractivity contribution in [1.82, 2.24) is 4.57 Å². The predicted molar refractivity (Wildman–Crippen MR) is 102 cm³/mol. The third-order valence-electron chi connectivity index (χ3n) is 3.73. The van der Waals surface area contributed by atoms with Crippen LogP contribution in [0.1, 0.15) is 12.5 Å². The highest BCUT2D eigenvalue weighted by molar-refractivity contribution is 7.16. The number of amides is 1. The van der Waals surface area contributed by atoms with Crippen LogP contribution in [-0.2, 0) is 22.5 Å². The Morgan fingerprint density at radius 1 is 1.24 bits per heavy atom. The highest BCUT2D eigenvalue weighted by atomic mass is 35.5. The molecule has 0 bridgehead atoms. The van der Waals surface area contributed by atoms with Crippen molar-refractivity contribution in [3.8, 4) is 0 Å². The average molecular weight is 375 g/mol. The van der Waals surface area contributed by atoms with Gasteiger partial charge in [0.05, 0.1) is 23.2 Å². The Bertz CT molecular complexity index is 931. The van der Waals surface area contributed by atoms with E-state index in [2.05, 4.69) is 4.99 Å². The standard InChI is InChI=1S/C19H19ClN2O2S/c1-2-24-11-10-22-16-9-8-15(20)13-17(16)25-19(22)21-18(23)12-14-6-4-3-5-7-14/h3-9,13H,2,10-12H2,1H3. The largest absolute Gasteiger partial charge is 0.380 e. The van der Waals surface area contributed by atoms with Gasteiger partial charge in [0.2, 0.25) is 0 Å². The number of carbonyl (C=O) groups is 1. The zero-order valence-corrected chi connectivity index (χ0v) is 15.5. The molecule has 1 heterocycles. The molecule has 3 rings (SSSR count). The normalized spacial score (nSPS) is 12.0. The molecule has 0 aliphatic rings. The van der Waals surface area contributed by atoms with Crippen LogP contribution in [0.4, 0.5) is 0 Å². The third-order valence-corrected chi connectivity index (χ3v) is 5.00. The van der Waals surface area contributed by atoms with E-state index < -0.39 is 0 Å². The first-order valence-electron chi connectivity index (χ1n) is 8.15. The quantitative estimate of drug-likeness (QED) is 0.610. The lowest BCUT2D eigenvalue weighted by Crippen LogP contribution is -2.20. The molecule has 2 aromatic carbocycles. The van der Waals surface area contributed by atoms with E-state index in [0.717, 1.165) is 15.8 Å². The van der Waals surface area contributed by atoms with E-state index in [9.17, 15) is 4.79 Å². The lowest BCUT2D eigenvalue weighted by Gasteiger charge is -2.05. The Morgan fingerprint density at radius 2 is 2.04 bits per heavy atom. The molecule has 130 valence electrons. The first kappa shape index (κ1) is 17.9. The van der Waals surface area contributed by atoms with E-state index in [1.54, 1.807) is 0 Å². The Hall–Kier alpha value is -1.95. The molecular formula is C19H19ClN2O2S. The van der Waals surface area contributed by atoms with Crippen LogP contribution in [0.2, 0.25) is 5.02 Å². The fraction of sp³-hybridized carbons (Fsp3) is 0.263. The Morgan fingerprint density at radius 3 is 2.80 bits per heavy atom. The fourth-order valence-corrected chi connectivity index (χ4v) is 3.91. The van der Waals surface area contributed by atoms with E-state index in [-0.39, 0.29) is 5.91 Å². The highest BCUT2D eigenvalue weighted by Gasteiger charge is 2.09. The lowest BCUT2D eigenvalue weighted by atomic mass is 10.1. The van der Waals surface area contributed by atoms with Gasteiger partial charge in [0.25, 0.3) is 5.91 Å². The molecule has 0 saturated carbocycles. The van der Waals surface area contributed by atoms with E-state index in [1.165, 1.54) is 11.3 Å². The van der Waals surface area contributed by atoms with Crippen LogP contribution in [0.3, 0.4) is 0 Å². The van der Waals surface area contributed by atoms with Crippen molar-refractivity contribution in [2.45, 2.75) is 19.9 Å². The second kappa shape index (κ2) is 8.43. The molecule has 0 N–H and O–H groups in total. The van der Waals surface area contributed by atoms with Gasteiger partial charge in [-0.1, -0.05) is 53.3 Å². The number of aromatic nitrogens is 1. The number of thiazole rings is 1. The Kier molecular flexibility index (Phi) is 6.02. The van der Waals surface area contributed by atoms with Gasteiger partial charge in [-0.2, -0.15) is 4.99 Å². The van der Waals surface area contributed by atoms with Crippen LogP contribution in [-0.4, -0.2) is 23.7 Å². The van der Waals surface area contributed by atoms with Gasteiger partial charge in [0.15, 0.2) is 4.80 Å². The predicted octanol–water partition coefficient (Wildman–Crippen LogP) is 4.06. The molecule has 4 nitrogen and oxygen atoms in total. The maximum Gasteiger partial charge on any atom is 0.252 e. The summed E-state index contributed by atoms with van der Waals surface area (Å²) in [5, 5.41) is 0.674. The van der Waals surface area contributed by atoms with Gasteiger partial charge in [-0.25, -0.2) is 0 Å². The minimum atomic E-state index is -0.158. The third kappa shape index (κ3) is 4.57. The Balaban J connectivity index is 1.95. The number of halogens is 1. The average Bonchev–Trinajstić information content (AvgIpc) is 2.92. The number of fused-ring (bicyclic) bond motifs is 1. The summed E-state index contributed by atoms with van der Waals surface area (Å²) in [4.78, 5) is 17.4. The first-order chi connectivity index (χ1) is 12.2. The molecular weight excluding hydrogens is 356 g/mol. The molecule has 0 fully saturated rings. The van der Waals surface area contributed by atoms with Gasteiger partial charge >= 0.3 is 0 Å². The molecule has 0 aliphatic carbocycles. The van der Waals surface area contributed by atoms with Crippen LogP contribution in [0, 0.1) is 0 Å². The summed E-state index contributed by atoms with van der Waals surface area (Å²) in [6, 6.07) is 15.4. The second-order valence-corrected chi connectivity index (χ2v) is 6.96. The Labute approximate surface area is 155 Å². The van der Waals surface area contributed by atoms with Crippen molar-refractivity contribution in [1.29, 1.82) is 0 Å². The molecule has 0 radical (unpaired) electrons. The van der Waals surface area contributed by atoms with Crippen LogP contribution >= 0.6 is 22.9 Å². The van der Waals surface area contributed by atoms with Crippen LogP contribution < -0.4 is 4.80 Å². The molecule has 1 amide bonds. The number of hydrogen-bond donors (Lipinski definition) is 0. The van der Waals surface area contributed by atoms with Gasteiger partial charge < -0.3 is 9.30 Å². The number of benzene rings is 2. The zero-order valence-electron chi connectivity index (χ0n) is 13.9. The molecule has 6 heteroatoms. The maximum absolute atomic E-state index is 12.4. The smallest absolute Gasteiger partial charge is 0.252 e. The molecule has 0 unspecified atom stereocenters. The van der Waals surface area contributed by atoms with E-state index >= 15 is 0 Å². The summed E-state index contributed by atoms with van der Waals surface area (Å²) in [7, 11) is 0. The van der Waals surface area contributed by atoms with Crippen molar-refractivity contribution in [2.24, 2.45) is 4.99 Å². The van der Waals surface area contributed by atoms with Crippen molar-refractivity contribution >= 4 is 39.1 Å². The number of rotatable bonds is 6. The highest BCUT2D eigenvalue weighted by Crippen LogP contribution is 2.22. The van der Waals surface area contributed by atoms with E-state index in [1.807, 2.05) is 60.0 Å². The van der Waals surface area contributed by atoms with Crippen LogP contribution in [0.25, 0.3) is 10.2 Å². The van der Waals surface area contributed by atoms with Crippen LogP contribution in [0.15, 0.2) is 53.5 Å². The molecule has 3 aromatic rings. The van der Waals surface area contributed by atoms with Gasteiger partial charge in [-0.15, -0.1) is 0 Å². The molecule has 0 spiro atoms. The minimum Gasteiger partial charge on any atom is -0.380 e. The van der Waals surface area contributed by atoms with Crippen molar-refractivity contribution in [3.63, 3.8) is 0 Å². The summed E-state index contributed by atoms with van der Waals surface area (Å²) in [6.07, 6.45) is 0.293. The van der Waals surface area contributed by atoms with Gasteiger partial charge in [0, 0.05) is 18.2 Å². The first-order valence-corrected chi connectivity index (χ1v) is 9.35. The SMILES string of the molecule is CCOCCn1c(=NC(=O)Cc2ccccc2)sc2cc(Cl)ccc21. The molecule has 0 saturated heterocycles. The summed E-state index contributed by atoms with van der Waals surface area (Å²) < 4.78 is 8.50. The number of hydrogen-bond acceptors (Lipinski definition) is 3. The van der Waals surface area contributed by atoms with Crippen molar-refractivity contribution < 1.29 is 9.53 Å². The molecule has 0 atom stereocenters. The van der Waals surface area contributed by atoms with Crippen molar-refractivity contribution in [2.75, 3.05) is 13.2 Å². The molecule has 1 aromatic heterocycles. The summed E-state index contributed by atoms with van der Waals surface area (Å²) >= 11 is 7.57. The van der Waals surface area contributed by atoms with Crippen molar-refractivity contribution in [3.05, 3.63) is 63.9 Å². The zero-order chi connectivity index (χ0) is 17.6. The van der Waals surface area contributed by atoms with Crippen LogP contribution in [0.5, 0.6) is 0 Å². The van der Waals surface area contributed by atoms with Gasteiger partial charge in [-0.3, -0.25) is 4.79 Å². The van der Waals surface area contributed by atoms with E-state index in [4.69, 9.17) is 16.3 Å². The maximum atomic E-state index is 12.4. The summed E-state index contributed by atoms with van der Waals surface area (Å²) in [5.41, 5.74) is 1.97. The molecule has 25 heavy (non-hydrogen) atoms. The monoisotopic (exact) mass is 374 g/mol. The topological polar surface area (TPSA) is 43.6 Å². The van der Waals surface area contributed by atoms with E-state index in [0.29, 0.717) is 36.0 Å². The molecule has 0 aliphatic heterocycles. The number of ether oxygens (including phenoxy) is 1. The van der Waals surface area contributed by atoms with Gasteiger partial charge in [-0.05, 0) is 30.7 Å². The fourth-order valence-electron chi connectivity index (χ4n) is 2.57. The number of nitrogens with zero attached hydrogens (tertiary/aromatic N) is 2. The summed E-state index contributed by atoms with van der Waals surface area (Å²) in [5.74, 6) is -0.158. The van der Waals surface area contributed by atoms with Gasteiger partial charge in [0.1, 0.15) is 0 Å². The number of carbonyl (C=O) groups excluding carboxylic acids is 1. The second-order valence-electron chi connectivity index (χ2n) is 5.51. The summed E-state index contributed by atoms with van der Waals surface area (Å²) in [6.45, 7) is 3.84. The minimum absolute atomic E-state index is 0.158.